The molecule has 6 heteroatoms. The van der Waals surface area contributed by atoms with Gasteiger partial charge in [0.25, 0.3) is 0 Å². The van der Waals surface area contributed by atoms with Crippen LogP contribution in [0, 0.1) is 0 Å². The minimum absolute atomic E-state index is 0.00782. The number of ether oxygens (including phenoxy) is 1. The molecule has 0 unspecified atom stereocenters. The van der Waals surface area contributed by atoms with E-state index in [4.69, 9.17) is 11.6 Å². The Hall–Kier alpha value is -2.14. The molecule has 102 valence electrons. The number of hydrogen-bond donors (Lipinski definition) is 1. The first-order valence-electron chi connectivity index (χ1n) is 5.83. The molecule has 20 heavy (non-hydrogen) atoms. The summed E-state index contributed by atoms with van der Waals surface area (Å²) in [4.78, 5) is 7.42. The van der Waals surface area contributed by atoms with Crippen molar-refractivity contribution in [3.05, 3.63) is 47.5 Å². The third-order valence-electron chi connectivity index (χ3n) is 2.80. The normalized spacial score (nSPS) is 11.2. The first kappa shape index (κ1) is 12.9. The molecular formula is C14H9ClF2N2O. The maximum Gasteiger partial charge on any atom is 0.387 e. The van der Waals surface area contributed by atoms with Gasteiger partial charge in [-0.25, -0.2) is 4.98 Å². The van der Waals surface area contributed by atoms with Gasteiger partial charge in [0.05, 0.1) is 16.6 Å². The quantitative estimate of drug-likeness (QED) is 0.773. The van der Waals surface area contributed by atoms with E-state index in [0.29, 0.717) is 16.4 Å². The Morgan fingerprint density at radius 2 is 1.95 bits per heavy atom. The maximum atomic E-state index is 12.5. The zero-order valence-corrected chi connectivity index (χ0v) is 10.9. The SMILES string of the molecule is FC(F)Oc1cc(Cl)ccc1-c1nc2ccccc2[nH]1. The summed E-state index contributed by atoms with van der Waals surface area (Å²) in [6.07, 6.45) is 0. The molecule has 0 saturated carbocycles. The second kappa shape index (κ2) is 5.09. The van der Waals surface area contributed by atoms with E-state index >= 15 is 0 Å². The smallest absolute Gasteiger partial charge is 0.387 e. The summed E-state index contributed by atoms with van der Waals surface area (Å²) < 4.78 is 29.4. The van der Waals surface area contributed by atoms with Gasteiger partial charge in [-0.15, -0.1) is 0 Å². The van der Waals surface area contributed by atoms with Crippen LogP contribution in [0.3, 0.4) is 0 Å². The molecule has 0 spiro atoms. The number of fused-ring (bicyclic) bond motifs is 1. The van der Waals surface area contributed by atoms with Crippen molar-refractivity contribution in [1.82, 2.24) is 9.97 Å². The van der Waals surface area contributed by atoms with Gasteiger partial charge >= 0.3 is 6.61 Å². The van der Waals surface area contributed by atoms with Crippen molar-refractivity contribution in [3.8, 4) is 17.1 Å². The number of rotatable bonds is 3. The van der Waals surface area contributed by atoms with Gasteiger partial charge in [-0.2, -0.15) is 8.78 Å². The van der Waals surface area contributed by atoms with Crippen molar-refractivity contribution in [2.45, 2.75) is 6.61 Å². The lowest BCUT2D eigenvalue weighted by molar-refractivity contribution is -0.0494. The second-order valence-electron chi connectivity index (χ2n) is 4.12. The third-order valence-corrected chi connectivity index (χ3v) is 3.04. The number of halogens is 3. The molecule has 0 amide bonds. The van der Waals surface area contributed by atoms with Crippen LogP contribution in [0.2, 0.25) is 5.02 Å². The van der Waals surface area contributed by atoms with Gasteiger partial charge in [0, 0.05) is 5.02 Å². The van der Waals surface area contributed by atoms with E-state index in [9.17, 15) is 8.78 Å². The van der Waals surface area contributed by atoms with Gasteiger partial charge in [0.1, 0.15) is 11.6 Å². The van der Waals surface area contributed by atoms with E-state index < -0.39 is 6.61 Å². The standard InChI is InChI=1S/C14H9ClF2N2O/c15-8-5-6-9(12(7-8)20-14(16)17)13-18-10-3-1-2-4-11(10)19-13/h1-7,14H,(H,18,19). The number of H-pyrrole nitrogens is 1. The van der Waals surface area contributed by atoms with E-state index in [1.807, 2.05) is 24.3 Å². The van der Waals surface area contributed by atoms with Crippen LogP contribution < -0.4 is 4.74 Å². The number of nitrogens with one attached hydrogen (secondary N) is 1. The Labute approximate surface area is 118 Å². The zero-order chi connectivity index (χ0) is 14.1. The first-order valence-corrected chi connectivity index (χ1v) is 6.21. The second-order valence-corrected chi connectivity index (χ2v) is 4.56. The number of aromatic nitrogens is 2. The predicted octanol–water partition coefficient (Wildman–Crippen LogP) is 4.48. The van der Waals surface area contributed by atoms with E-state index in [-0.39, 0.29) is 5.75 Å². The molecule has 1 heterocycles. The third kappa shape index (κ3) is 2.44. The molecular weight excluding hydrogens is 286 g/mol. The molecule has 0 aliphatic carbocycles. The highest BCUT2D eigenvalue weighted by atomic mass is 35.5. The molecule has 1 aromatic heterocycles. The molecule has 3 rings (SSSR count). The van der Waals surface area contributed by atoms with Gasteiger partial charge in [0.2, 0.25) is 0 Å². The van der Waals surface area contributed by atoms with Crippen LogP contribution in [-0.4, -0.2) is 16.6 Å². The summed E-state index contributed by atoms with van der Waals surface area (Å²) in [6.45, 7) is -2.92. The highest BCUT2D eigenvalue weighted by Gasteiger charge is 2.14. The first-order chi connectivity index (χ1) is 9.63. The minimum atomic E-state index is -2.92. The van der Waals surface area contributed by atoms with Crippen molar-refractivity contribution in [1.29, 1.82) is 0 Å². The molecule has 0 atom stereocenters. The highest BCUT2D eigenvalue weighted by Crippen LogP contribution is 2.33. The van der Waals surface area contributed by atoms with Crippen LogP contribution in [0.15, 0.2) is 42.5 Å². The van der Waals surface area contributed by atoms with Crippen LogP contribution in [-0.2, 0) is 0 Å². The number of imidazole rings is 1. The Morgan fingerprint density at radius 1 is 1.15 bits per heavy atom. The van der Waals surface area contributed by atoms with E-state index in [1.165, 1.54) is 6.07 Å². The van der Waals surface area contributed by atoms with Gasteiger partial charge in [-0.1, -0.05) is 23.7 Å². The van der Waals surface area contributed by atoms with Gasteiger partial charge < -0.3 is 9.72 Å². The Bertz CT molecular complexity index is 725. The van der Waals surface area contributed by atoms with Crippen LogP contribution in [0.4, 0.5) is 8.78 Å². The monoisotopic (exact) mass is 294 g/mol. The average Bonchev–Trinajstić information content (AvgIpc) is 2.81. The topological polar surface area (TPSA) is 37.9 Å². The fourth-order valence-electron chi connectivity index (χ4n) is 1.97. The van der Waals surface area contributed by atoms with E-state index in [0.717, 1.165) is 11.0 Å². The number of hydrogen-bond acceptors (Lipinski definition) is 2. The Morgan fingerprint density at radius 3 is 2.70 bits per heavy atom. The van der Waals surface area contributed by atoms with E-state index in [1.54, 1.807) is 12.1 Å². The number of benzene rings is 2. The molecule has 3 aromatic rings. The lowest BCUT2D eigenvalue weighted by Crippen LogP contribution is -2.03. The molecule has 0 aliphatic heterocycles. The summed E-state index contributed by atoms with van der Waals surface area (Å²) in [6, 6.07) is 11.9. The molecule has 0 bridgehead atoms. The molecule has 0 fully saturated rings. The molecule has 3 nitrogen and oxygen atoms in total. The molecule has 0 radical (unpaired) electrons. The summed E-state index contributed by atoms with van der Waals surface area (Å²) >= 11 is 5.81. The molecule has 0 saturated heterocycles. The van der Waals surface area contributed by atoms with Crippen molar-refractivity contribution in [2.24, 2.45) is 0 Å². The molecule has 0 aliphatic rings. The van der Waals surface area contributed by atoms with Crippen LogP contribution in [0.25, 0.3) is 22.4 Å². The fourth-order valence-corrected chi connectivity index (χ4v) is 2.13. The fraction of sp³-hybridized carbons (Fsp3) is 0.0714. The summed E-state index contributed by atoms with van der Waals surface area (Å²) in [5.41, 5.74) is 2.01. The lowest BCUT2D eigenvalue weighted by Gasteiger charge is -2.09. The van der Waals surface area contributed by atoms with Crippen molar-refractivity contribution < 1.29 is 13.5 Å². The lowest BCUT2D eigenvalue weighted by atomic mass is 10.2. The highest BCUT2D eigenvalue weighted by molar-refractivity contribution is 6.30. The summed E-state index contributed by atoms with van der Waals surface area (Å²) in [7, 11) is 0. The summed E-state index contributed by atoms with van der Waals surface area (Å²) in [5.74, 6) is 0.449. The predicted molar refractivity (Wildman–Crippen MR) is 73.2 cm³/mol. The van der Waals surface area contributed by atoms with Crippen LogP contribution in [0.5, 0.6) is 5.75 Å². The number of alkyl halides is 2. The number of aromatic amines is 1. The van der Waals surface area contributed by atoms with Crippen LogP contribution in [0.1, 0.15) is 0 Å². The number of para-hydroxylation sites is 2. The molecule has 1 N–H and O–H groups in total. The van der Waals surface area contributed by atoms with Gasteiger partial charge in [-0.3, -0.25) is 0 Å². The minimum Gasteiger partial charge on any atom is -0.434 e. The maximum absolute atomic E-state index is 12.5. The Kier molecular flexibility index (Phi) is 3.28. The Balaban J connectivity index is 2.12. The summed E-state index contributed by atoms with van der Waals surface area (Å²) in [5, 5.41) is 0.320. The molecule has 2 aromatic carbocycles. The van der Waals surface area contributed by atoms with Crippen molar-refractivity contribution >= 4 is 22.6 Å². The average molecular weight is 295 g/mol. The van der Waals surface area contributed by atoms with Crippen LogP contribution >= 0.6 is 11.6 Å². The van der Waals surface area contributed by atoms with Gasteiger partial charge in [0.15, 0.2) is 0 Å². The largest absolute Gasteiger partial charge is 0.434 e. The zero-order valence-electron chi connectivity index (χ0n) is 10.1. The van der Waals surface area contributed by atoms with Crippen molar-refractivity contribution in [2.75, 3.05) is 0 Å². The van der Waals surface area contributed by atoms with E-state index in [2.05, 4.69) is 14.7 Å². The van der Waals surface area contributed by atoms with Crippen molar-refractivity contribution in [3.63, 3.8) is 0 Å². The number of nitrogens with zero attached hydrogens (tertiary/aromatic N) is 1. The van der Waals surface area contributed by atoms with Gasteiger partial charge in [-0.05, 0) is 30.3 Å².